The van der Waals surface area contributed by atoms with Gasteiger partial charge in [0.1, 0.15) is 5.82 Å². The lowest BCUT2D eigenvalue weighted by Crippen LogP contribution is -2.43. The van der Waals surface area contributed by atoms with E-state index in [0.29, 0.717) is 44.4 Å². The van der Waals surface area contributed by atoms with E-state index in [1.165, 1.54) is 12.1 Å². The van der Waals surface area contributed by atoms with Gasteiger partial charge in [0.2, 0.25) is 11.8 Å². The predicted octanol–water partition coefficient (Wildman–Crippen LogP) is 2.81. The van der Waals surface area contributed by atoms with Gasteiger partial charge in [-0.1, -0.05) is 12.1 Å². The van der Waals surface area contributed by atoms with E-state index in [0.717, 1.165) is 11.3 Å². The van der Waals surface area contributed by atoms with Crippen LogP contribution in [0.15, 0.2) is 30.3 Å². The van der Waals surface area contributed by atoms with Crippen molar-refractivity contribution in [3.63, 3.8) is 0 Å². The summed E-state index contributed by atoms with van der Waals surface area (Å²) < 4.78 is 18.6. The quantitative estimate of drug-likeness (QED) is 0.933. The number of aryl methyl sites for hydroxylation is 1. The summed E-state index contributed by atoms with van der Waals surface area (Å²) in [5.41, 5.74) is 0.670. The van der Waals surface area contributed by atoms with Crippen LogP contribution in [0, 0.1) is 12.7 Å². The van der Waals surface area contributed by atoms with Gasteiger partial charge < -0.3 is 14.7 Å². The highest BCUT2D eigenvalue weighted by Crippen LogP contribution is 2.34. The zero-order valence-corrected chi connectivity index (χ0v) is 14.0. The molecular formula is C18H22FN3O2. The Kier molecular flexibility index (Phi) is 4.66. The van der Waals surface area contributed by atoms with Gasteiger partial charge in [0.25, 0.3) is 0 Å². The molecule has 6 heteroatoms. The molecule has 1 aliphatic heterocycles. The fourth-order valence-electron chi connectivity index (χ4n) is 3.01. The van der Waals surface area contributed by atoms with Crippen molar-refractivity contribution in [2.24, 2.45) is 0 Å². The minimum absolute atomic E-state index is 0.295. The number of aromatic nitrogens is 2. The van der Waals surface area contributed by atoms with E-state index in [-0.39, 0.29) is 5.82 Å². The summed E-state index contributed by atoms with van der Waals surface area (Å²) in [5, 5.41) is 10.9. The minimum Gasteiger partial charge on any atom is -0.478 e. The first-order valence-electron chi connectivity index (χ1n) is 8.22. The molecule has 1 fully saturated rings. The molecule has 1 aromatic carbocycles. The molecule has 0 aliphatic carbocycles. The third-order valence-electron chi connectivity index (χ3n) is 4.37. The SMILES string of the molecule is CCOc1cc(C)nc(N2CCC(O)(c3ccc(F)cc3)CC2)n1. The molecule has 0 atom stereocenters. The fraction of sp³-hybridized carbons (Fsp3) is 0.444. The van der Waals surface area contributed by atoms with Gasteiger partial charge in [0, 0.05) is 24.8 Å². The topological polar surface area (TPSA) is 58.5 Å². The van der Waals surface area contributed by atoms with E-state index in [1.54, 1.807) is 12.1 Å². The number of aliphatic hydroxyl groups is 1. The number of ether oxygens (including phenoxy) is 1. The van der Waals surface area contributed by atoms with Crippen molar-refractivity contribution in [3.05, 3.63) is 47.4 Å². The van der Waals surface area contributed by atoms with Crippen LogP contribution >= 0.6 is 0 Å². The number of rotatable bonds is 4. The number of nitrogens with zero attached hydrogens (tertiary/aromatic N) is 3. The van der Waals surface area contributed by atoms with E-state index in [1.807, 2.05) is 24.8 Å². The number of anilines is 1. The molecule has 24 heavy (non-hydrogen) atoms. The largest absolute Gasteiger partial charge is 0.478 e. The maximum Gasteiger partial charge on any atom is 0.228 e. The van der Waals surface area contributed by atoms with Gasteiger partial charge in [-0.25, -0.2) is 9.37 Å². The average Bonchev–Trinajstić information content (AvgIpc) is 2.56. The Morgan fingerprint density at radius 1 is 1.21 bits per heavy atom. The monoisotopic (exact) mass is 331 g/mol. The van der Waals surface area contributed by atoms with Crippen LogP contribution in [0.25, 0.3) is 0 Å². The average molecular weight is 331 g/mol. The summed E-state index contributed by atoms with van der Waals surface area (Å²) in [5.74, 6) is 0.898. The molecule has 3 rings (SSSR count). The highest BCUT2D eigenvalue weighted by Gasteiger charge is 2.34. The summed E-state index contributed by atoms with van der Waals surface area (Å²) in [6.45, 7) is 5.64. The third-order valence-corrected chi connectivity index (χ3v) is 4.37. The normalized spacial score (nSPS) is 16.9. The number of piperidine rings is 1. The molecule has 5 nitrogen and oxygen atoms in total. The maximum atomic E-state index is 13.1. The second-order valence-electron chi connectivity index (χ2n) is 6.11. The van der Waals surface area contributed by atoms with Crippen molar-refractivity contribution >= 4 is 5.95 Å². The number of benzene rings is 1. The van der Waals surface area contributed by atoms with Crippen molar-refractivity contribution in [3.8, 4) is 5.88 Å². The molecule has 0 spiro atoms. The van der Waals surface area contributed by atoms with Gasteiger partial charge >= 0.3 is 0 Å². The Balaban J connectivity index is 1.74. The molecule has 2 aromatic rings. The highest BCUT2D eigenvalue weighted by atomic mass is 19.1. The maximum absolute atomic E-state index is 13.1. The number of hydrogen-bond donors (Lipinski definition) is 1. The van der Waals surface area contributed by atoms with Crippen molar-refractivity contribution in [2.45, 2.75) is 32.3 Å². The summed E-state index contributed by atoms with van der Waals surface area (Å²) in [7, 11) is 0. The van der Waals surface area contributed by atoms with Crippen LogP contribution < -0.4 is 9.64 Å². The van der Waals surface area contributed by atoms with Crippen molar-refractivity contribution in [1.82, 2.24) is 9.97 Å². The van der Waals surface area contributed by atoms with Crippen LogP contribution in [0.2, 0.25) is 0 Å². The second-order valence-corrected chi connectivity index (χ2v) is 6.11. The smallest absolute Gasteiger partial charge is 0.228 e. The van der Waals surface area contributed by atoms with Crippen molar-refractivity contribution in [2.75, 3.05) is 24.6 Å². The lowest BCUT2D eigenvalue weighted by molar-refractivity contribution is 0.0114. The predicted molar refractivity (Wildman–Crippen MR) is 89.7 cm³/mol. The first kappa shape index (κ1) is 16.6. The van der Waals surface area contributed by atoms with Gasteiger partial charge in [-0.15, -0.1) is 0 Å². The minimum atomic E-state index is -0.934. The van der Waals surface area contributed by atoms with E-state index in [2.05, 4.69) is 9.97 Å². The number of hydrogen-bond acceptors (Lipinski definition) is 5. The molecule has 0 unspecified atom stereocenters. The van der Waals surface area contributed by atoms with Gasteiger partial charge in [0.15, 0.2) is 0 Å². The first-order valence-corrected chi connectivity index (χ1v) is 8.22. The van der Waals surface area contributed by atoms with Gasteiger partial charge in [0.05, 0.1) is 12.2 Å². The Morgan fingerprint density at radius 2 is 1.88 bits per heavy atom. The first-order chi connectivity index (χ1) is 11.5. The Morgan fingerprint density at radius 3 is 2.50 bits per heavy atom. The van der Waals surface area contributed by atoms with Crippen LogP contribution in [0.4, 0.5) is 10.3 Å². The summed E-state index contributed by atoms with van der Waals surface area (Å²) in [6, 6.07) is 7.89. The van der Waals surface area contributed by atoms with Crippen molar-refractivity contribution in [1.29, 1.82) is 0 Å². The Labute approximate surface area is 141 Å². The van der Waals surface area contributed by atoms with E-state index >= 15 is 0 Å². The lowest BCUT2D eigenvalue weighted by Gasteiger charge is -2.38. The summed E-state index contributed by atoms with van der Waals surface area (Å²) >= 11 is 0. The van der Waals surface area contributed by atoms with Crippen LogP contribution in [0.1, 0.15) is 31.0 Å². The lowest BCUT2D eigenvalue weighted by atomic mass is 9.84. The Hall–Kier alpha value is -2.21. The molecule has 0 saturated carbocycles. The summed E-state index contributed by atoms with van der Waals surface area (Å²) in [4.78, 5) is 11.0. The molecule has 1 aromatic heterocycles. The van der Waals surface area contributed by atoms with E-state index < -0.39 is 5.60 Å². The molecule has 2 heterocycles. The molecule has 0 radical (unpaired) electrons. The van der Waals surface area contributed by atoms with Gasteiger partial charge in [-0.2, -0.15) is 4.98 Å². The molecule has 1 aliphatic rings. The van der Waals surface area contributed by atoms with Gasteiger partial charge in [-0.05, 0) is 44.4 Å². The molecule has 128 valence electrons. The molecule has 1 saturated heterocycles. The van der Waals surface area contributed by atoms with Crippen LogP contribution in [-0.4, -0.2) is 34.8 Å². The van der Waals surface area contributed by atoms with Crippen LogP contribution in [0.5, 0.6) is 5.88 Å². The standard InChI is InChI=1S/C18H22FN3O2/c1-3-24-16-12-13(2)20-17(21-16)22-10-8-18(23,9-11-22)14-4-6-15(19)7-5-14/h4-7,12,23H,3,8-11H2,1-2H3. The van der Waals surface area contributed by atoms with Gasteiger partial charge in [-0.3, -0.25) is 0 Å². The highest BCUT2D eigenvalue weighted by molar-refractivity contribution is 5.36. The zero-order valence-electron chi connectivity index (χ0n) is 14.0. The van der Waals surface area contributed by atoms with Crippen molar-refractivity contribution < 1.29 is 14.2 Å². The van der Waals surface area contributed by atoms with E-state index in [4.69, 9.17) is 4.74 Å². The molecule has 0 amide bonds. The fourth-order valence-corrected chi connectivity index (χ4v) is 3.01. The zero-order chi connectivity index (χ0) is 17.2. The molecular weight excluding hydrogens is 309 g/mol. The number of halogens is 1. The second kappa shape index (κ2) is 6.73. The summed E-state index contributed by atoms with van der Waals surface area (Å²) in [6.07, 6.45) is 1.08. The third kappa shape index (κ3) is 3.48. The Bertz CT molecular complexity index is 698. The molecule has 1 N–H and O–H groups in total. The van der Waals surface area contributed by atoms with Crippen LogP contribution in [-0.2, 0) is 5.60 Å². The van der Waals surface area contributed by atoms with Crippen LogP contribution in [0.3, 0.4) is 0 Å². The van der Waals surface area contributed by atoms with E-state index in [9.17, 15) is 9.50 Å². The molecule has 0 bridgehead atoms.